The van der Waals surface area contributed by atoms with Crippen LogP contribution in [0.2, 0.25) is 5.02 Å². The zero-order valence-electron chi connectivity index (χ0n) is 10.1. The summed E-state index contributed by atoms with van der Waals surface area (Å²) < 4.78 is 0. The molecule has 0 bridgehead atoms. The molecular weight excluding hydrogens is 262 g/mol. The van der Waals surface area contributed by atoms with Crippen LogP contribution in [0, 0.1) is 0 Å². The monoisotopic (exact) mass is 273 g/mol. The minimum Gasteiger partial charge on any atom is -0.273 e. The van der Waals surface area contributed by atoms with Crippen LogP contribution in [0.1, 0.15) is 11.1 Å². The van der Waals surface area contributed by atoms with Gasteiger partial charge in [0, 0.05) is 23.0 Å². The Morgan fingerprint density at radius 2 is 2.11 bits per heavy atom. The van der Waals surface area contributed by atoms with Gasteiger partial charge in [0.2, 0.25) is 5.91 Å². The minimum absolute atomic E-state index is 0.178. The van der Waals surface area contributed by atoms with Crippen LogP contribution in [0.5, 0.6) is 0 Å². The average Bonchev–Trinajstić information content (AvgIpc) is 2.43. The molecule has 1 aromatic heterocycles. The van der Waals surface area contributed by atoms with Gasteiger partial charge in [0.1, 0.15) is 0 Å². The number of carbonyl (C=O) groups is 1. The van der Waals surface area contributed by atoms with Crippen molar-refractivity contribution in [1.82, 2.24) is 10.4 Å². The number of rotatable bonds is 4. The Morgan fingerprint density at radius 1 is 1.32 bits per heavy atom. The van der Waals surface area contributed by atoms with Gasteiger partial charge in [-0.1, -0.05) is 29.8 Å². The molecule has 0 atom stereocenters. The SMILES string of the molecule is O=C(Cc1ccc(Cl)cc1)N/N=C/c1cccnc1. The van der Waals surface area contributed by atoms with Crippen molar-refractivity contribution in [2.75, 3.05) is 0 Å². The van der Waals surface area contributed by atoms with E-state index in [0.29, 0.717) is 5.02 Å². The van der Waals surface area contributed by atoms with E-state index in [9.17, 15) is 4.79 Å². The molecule has 2 aromatic rings. The number of halogens is 1. The Balaban J connectivity index is 1.85. The maximum atomic E-state index is 11.6. The normalized spacial score (nSPS) is 10.6. The van der Waals surface area contributed by atoms with Gasteiger partial charge < -0.3 is 0 Å². The number of nitrogens with zero attached hydrogens (tertiary/aromatic N) is 2. The second-order valence-corrected chi connectivity index (χ2v) is 4.32. The van der Waals surface area contributed by atoms with Gasteiger partial charge in [-0.25, -0.2) is 5.43 Å². The Labute approximate surface area is 116 Å². The van der Waals surface area contributed by atoms with Gasteiger partial charge >= 0.3 is 0 Å². The summed E-state index contributed by atoms with van der Waals surface area (Å²) in [4.78, 5) is 15.6. The number of amides is 1. The predicted molar refractivity (Wildman–Crippen MR) is 75.1 cm³/mol. The Kier molecular flexibility index (Phi) is 4.64. The van der Waals surface area contributed by atoms with E-state index in [4.69, 9.17) is 11.6 Å². The van der Waals surface area contributed by atoms with E-state index in [1.165, 1.54) is 0 Å². The first kappa shape index (κ1) is 13.2. The lowest BCUT2D eigenvalue weighted by Gasteiger charge is -2.00. The van der Waals surface area contributed by atoms with Crippen LogP contribution in [0.25, 0.3) is 0 Å². The highest BCUT2D eigenvalue weighted by atomic mass is 35.5. The predicted octanol–water partition coefficient (Wildman–Crippen LogP) is 2.43. The van der Waals surface area contributed by atoms with E-state index in [1.54, 1.807) is 36.8 Å². The van der Waals surface area contributed by atoms with Crippen LogP contribution >= 0.6 is 11.6 Å². The molecule has 0 unspecified atom stereocenters. The number of hydrazone groups is 1. The molecule has 1 N–H and O–H groups in total. The van der Waals surface area contributed by atoms with E-state index in [-0.39, 0.29) is 12.3 Å². The third-order valence-corrected chi connectivity index (χ3v) is 2.62. The Hall–Kier alpha value is -2.20. The van der Waals surface area contributed by atoms with Crippen LogP contribution in [0.3, 0.4) is 0 Å². The van der Waals surface area contributed by atoms with Crippen LogP contribution < -0.4 is 5.43 Å². The fourth-order valence-electron chi connectivity index (χ4n) is 1.46. The number of carbonyl (C=O) groups excluding carboxylic acids is 1. The van der Waals surface area contributed by atoms with Crippen molar-refractivity contribution in [2.45, 2.75) is 6.42 Å². The van der Waals surface area contributed by atoms with Gasteiger partial charge in [-0.05, 0) is 23.8 Å². The molecule has 0 radical (unpaired) electrons. The molecule has 1 aromatic carbocycles. The van der Waals surface area contributed by atoms with Crippen molar-refractivity contribution < 1.29 is 4.79 Å². The maximum Gasteiger partial charge on any atom is 0.244 e. The highest BCUT2D eigenvalue weighted by molar-refractivity contribution is 6.30. The third kappa shape index (κ3) is 4.52. The standard InChI is InChI=1S/C14H12ClN3O/c15-13-5-3-11(4-6-13)8-14(19)18-17-10-12-2-1-7-16-9-12/h1-7,9-10H,8H2,(H,18,19)/b17-10+. The topological polar surface area (TPSA) is 54.4 Å². The van der Waals surface area contributed by atoms with Crippen LogP contribution in [-0.4, -0.2) is 17.1 Å². The van der Waals surface area contributed by atoms with Crippen LogP contribution in [0.15, 0.2) is 53.9 Å². The summed E-state index contributed by atoms with van der Waals surface area (Å²) in [6.07, 6.45) is 5.15. The first-order valence-electron chi connectivity index (χ1n) is 5.70. The van der Waals surface area contributed by atoms with E-state index in [1.807, 2.05) is 18.2 Å². The molecule has 0 saturated carbocycles. The molecule has 96 valence electrons. The molecule has 2 rings (SSSR count). The molecule has 0 aliphatic heterocycles. The number of nitrogens with one attached hydrogen (secondary N) is 1. The second kappa shape index (κ2) is 6.66. The molecule has 5 heteroatoms. The van der Waals surface area contributed by atoms with E-state index in [2.05, 4.69) is 15.5 Å². The third-order valence-electron chi connectivity index (χ3n) is 2.37. The van der Waals surface area contributed by atoms with Gasteiger partial charge in [-0.15, -0.1) is 0 Å². The quantitative estimate of drug-likeness (QED) is 0.687. The molecule has 0 aliphatic rings. The van der Waals surface area contributed by atoms with Crippen LogP contribution in [-0.2, 0) is 11.2 Å². The lowest BCUT2D eigenvalue weighted by Crippen LogP contribution is -2.19. The first-order valence-corrected chi connectivity index (χ1v) is 6.08. The fraction of sp³-hybridized carbons (Fsp3) is 0.0714. The zero-order valence-corrected chi connectivity index (χ0v) is 10.8. The molecule has 0 aliphatic carbocycles. The highest BCUT2D eigenvalue weighted by Crippen LogP contribution is 2.09. The Bertz CT molecular complexity index is 567. The van der Waals surface area contributed by atoms with Gasteiger partial charge in [0.15, 0.2) is 0 Å². The molecule has 0 spiro atoms. The summed E-state index contributed by atoms with van der Waals surface area (Å²) in [5.41, 5.74) is 4.18. The number of hydrogen-bond donors (Lipinski definition) is 1. The van der Waals surface area contributed by atoms with E-state index >= 15 is 0 Å². The largest absolute Gasteiger partial charge is 0.273 e. The average molecular weight is 274 g/mol. The summed E-state index contributed by atoms with van der Waals surface area (Å²) in [6.45, 7) is 0. The minimum atomic E-state index is -0.178. The molecule has 0 fully saturated rings. The van der Waals surface area contributed by atoms with Crippen LogP contribution in [0.4, 0.5) is 0 Å². The lowest BCUT2D eigenvalue weighted by molar-refractivity contribution is -0.120. The molecule has 19 heavy (non-hydrogen) atoms. The molecule has 0 saturated heterocycles. The molecule has 1 amide bonds. The summed E-state index contributed by atoms with van der Waals surface area (Å²) in [5.74, 6) is -0.178. The summed E-state index contributed by atoms with van der Waals surface area (Å²) >= 11 is 5.77. The smallest absolute Gasteiger partial charge is 0.244 e. The fourth-order valence-corrected chi connectivity index (χ4v) is 1.58. The van der Waals surface area contributed by atoms with Crippen molar-refractivity contribution in [2.24, 2.45) is 5.10 Å². The summed E-state index contributed by atoms with van der Waals surface area (Å²) in [7, 11) is 0. The summed E-state index contributed by atoms with van der Waals surface area (Å²) in [5, 5.41) is 4.52. The molecule has 4 nitrogen and oxygen atoms in total. The number of pyridine rings is 1. The number of hydrogen-bond acceptors (Lipinski definition) is 3. The van der Waals surface area contributed by atoms with Crippen molar-refractivity contribution in [1.29, 1.82) is 0 Å². The number of aromatic nitrogens is 1. The first-order chi connectivity index (χ1) is 9.24. The lowest BCUT2D eigenvalue weighted by atomic mass is 10.1. The second-order valence-electron chi connectivity index (χ2n) is 3.88. The summed E-state index contributed by atoms with van der Waals surface area (Å²) in [6, 6.07) is 10.8. The maximum absolute atomic E-state index is 11.6. The van der Waals surface area contributed by atoms with Crippen molar-refractivity contribution in [3.8, 4) is 0 Å². The zero-order chi connectivity index (χ0) is 13.5. The van der Waals surface area contributed by atoms with Gasteiger partial charge in [0.25, 0.3) is 0 Å². The molecule has 1 heterocycles. The van der Waals surface area contributed by atoms with Gasteiger partial charge in [-0.3, -0.25) is 9.78 Å². The highest BCUT2D eigenvalue weighted by Gasteiger charge is 2.01. The van der Waals surface area contributed by atoms with Crippen molar-refractivity contribution in [3.05, 3.63) is 64.9 Å². The van der Waals surface area contributed by atoms with Gasteiger partial charge in [-0.2, -0.15) is 5.10 Å². The van der Waals surface area contributed by atoms with E-state index < -0.39 is 0 Å². The molecular formula is C14H12ClN3O. The van der Waals surface area contributed by atoms with Crippen molar-refractivity contribution in [3.63, 3.8) is 0 Å². The Morgan fingerprint density at radius 3 is 2.79 bits per heavy atom. The van der Waals surface area contributed by atoms with E-state index in [0.717, 1.165) is 11.1 Å². The van der Waals surface area contributed by atoms with Crippen molar-refractivity contribution >= 4 is 23.7 Å². The number of benzene rings is 1. The van der Waals surface area contributed by atoms with Gasteiger partial charge in [0.05, 0.1) is 12.6 Å².